The Morgan fingerprint density at radius 3 is 2.20 bits per heavy atom. The fourth-order valence-electron chi connectivity index (χ4n) is 1.48. The summed E-state index contributed by atoms with van der Waals surface area (Å²) in [5.74, 6) is -1.34. The molecule has 1 rings (SSSR count). The molecule has 82 valence electrons. The van der Waals surface area contributed by atoms with Gasteiger partial charge in [0.05, 0.1) is 11.1 Å². The summed E-state index contributed by atoms with van der Waals surface area (Å²) in [6.07, 6.45) is -4.51. The fourth-order valence-corrected chi connectivity index (χ4v) is 1.48. The van der Waals surface area contributed by atoms with Crippen molar-refractivity contribution >= 4 is 5.97 Å². The molecule has 0 aliphatic heterocycles. The van der Waals surface area contributed by atoms with Crippen LogP contribution in [0.1, 0.15) is 27.0 Å². The van der Waals surface area contributed by atoms with Gasteiger partial charge in [-0.2, -0.15) is 13.2 Å². The molecule has 15 heavy (non-hydrogen) atoms. The smallest absolute Gasteiger partial charge is 0.416 e. The largest absolute Gasteiger partial charge is 0.478 e. The molecule has 0 spiro atoms. The monoisotopic (exact) mass is 218 g/mol. The van der Waals surface area contributed by atoms with E-state index in [2.05, 4.69) is 0 Å². The third-order valence-electron chi connectivity index (χ3n) is 2.19. The average molecular weight is 218 g/mol. The van der Waals surface area contributed by atoms with E-state index >= 15 is 0 Å². The van der Waals surface area contributed by atoms with Gasteiger partial charge in [-0.1, -0.05) is 6.07 Å². The van der Waals surface area contributed by atoms with E-state index in [1.165, 1.54) is 19.9 Å². The van der Waals surface area contributed by atoms with Crippen molar-refractivity contribution in [2.45, 2.75) is 20.0 Å². The topological polar surface area (TPSA) is 37.3 Å². The predicted octanol–water partition coefficient (Wildman–Crippen LogP) is 3.02. The van der Waals surface area contributed by atoms with E-state index in [1.807, 2.05) is 0 Å². The van der Waals surface area contributed by atoms with E-state index in [0.717, 1.165) is 6.07 Å². The number of halogens is 3. The molecule has 0 fully saturated rings. The van der Waals surface area contributed by atoms with Crippen LogP contribution in [0, 0.1) is 13.8 Å². The Kier molecular flexibility index (Phi) is 2.75. The minimum absolute atomic E-state index is 0.241. The zero-order valence-electron chi connectivity index (χ0n) is 8.14. The molecular weight excluding hydrogens is 209 g/mol. The third-order valence-corrected chi connectivity index (χ3v) is 2.19. The van der Waals surface area contributed by atoms with Crippen LogP contribution in [-0.2, 0) is 6.18 Å². The zero-order chi connectivity index (χ0) is 11.8. The molecule has 0 aromatic heterocycles. The van der Waals surface area contributed by atoms with Gasteiger partial charge in [-0.15, -0.1) is 0 Å². The maximum absolute atomic E-state index is 12.4. The summed E-state index contributed by atoms with van der Waals surface area (Å²) < 4.78 is 37.3. The highest BCUT2D eigenvalue weighted by Crippen LogP contribution is 2.33. The fraction of sp³-hybridized carbons (Fsp3) is 0.300. The Labute approximate surface area is 84.3 Å². The Hall–Kier alpha value is -1.52. The Morgan fingerprint density at radius 2 is 1.80 bits per heavy atom. The zero-order valence-corrected chi connectivity index (χ0v) is 8.14. The first kappa shape index (κ1) is 11.6. The summed E-state index contributed by atoms with van der Waals surface area (Å²) in [6, 6.07) is 2.07. The SMILES string of the molecule is Cc1ccc(C(F)(F)F)c(C)c1C(=O)O. The van der Waals surface area contributed by atoms with Crippen LogP contribution in [0.3, 0.4) is 0 Å². The molecule has 0 bridgehead atoms. The van der Waals surface area contributed by atoms with Gasteiger partial charge < -0.3 is 5.11 Å². The molecule has 0 saturated carbocycles. The van der Waals surface area contributed by atoms with E-state index in [1.54, 1.807) is 0 Å². The Bertz CT molecular complexity index is 408. The van der Waals surface area contributed by atoms with Crippen molar-refractivity contribution in [1.82, 2.24) is 0 Å². The highest BCUT2D eigenvalue weighted by molar-refractivity contribution is 5.91. The molecule has 2 nitrogen and oxygen atoms in total. The molecule has 0 amide bonds. The van der Waals surface area contributed by atoms with Crippen molar-refractivity contribution in [3.63, 3.8) is 0 Å². The highest BCUT2D eigenvalue weighted by atomic mass is 19.4. The Balaban J connectivity index is 3.49. The summed E-state index contributed by atoms with van der Waals surface area (Å²) in [5, 5.41) is 8.77. The van der Waals surface area contributed by atoms with Crippen LogP contribution >= 0.6 is 0 Å². The molecule has 0 radical (unpaired) electrons. The van der Waals surface area contributed by atoms with Crippen molar-refractivity contribution in [1.29, 1.82) is 0 Å². The van der Waals surface area contributed by atoms with E-state index < -0.39 is 17.7 Å². The van der Waals surface area contributed by atoms with Gasteiger partial charge in [0.15, 0.2) is 0 Å². The lowest BCUT2D eigenvalue weighted by Crippen LogP contribution is -2.12. The molecule has 0 aliphatic carbocycles. The minimum Gasteiger partial charge on any atom is -0.478 e. The second-order valence-electron chi connectivity index (χ2n) is 3.23. The normalized spacial score (nSPS) is 11.5. The van der Waals surface area contributed by atoms with Crippen molar-refractivity contribution in [2.75, 3.05) is 0 Å². The number of hydrogen-bond donors (Lipinski definition) is 1. The first-order valence-electron chi connectivity index (χ1n) is 4.16. The number of aryl methyl sites for hydroxylation is 1. The molecular formula is C10H9F3O2. The molecule has 1 N–H and O–H groups in total. The number of aromatic carboxylic acids is 1. The van der Waals surface area contributed by atoms with Crippen molar-refractivity contribution in [2.24, 2.45) is 0 Å². The molecule has 0 heterocycles. The maximum Gasteiger partial charge on any atom is 0.416 e. The quantitative estimate of drug-likeness (QED) is 0.786. The van der Waals surface area contributed by atoms with Gasteiger partial charge in [0.1, 0.15) is 0 Å². The molecule has 0 saturated heterocycles. The molecule has 0 atom stereocenters. The lowest BCUT2D eigenvalue weighted by molar-refractivity contribution is -0.138. The standard InChI is InChI=1S/C10H9F3O2/c1-5-3-4-7(10(11,12)13)6(2)8(5)9(14)15/h3-4H,1-2H3,(H,14,15). The van der Waals surface area contributed by atoms with Crippen molar-refractivity contribution in [3.05, 3.63) is 34.4 Å². The van der Waals surface area contributed by atoms with E-state index in [-0.39, 0.29) is 11.1 Å². The lowest BCUT2D eigenvalue weighted by Gasteiger charge is -2.13. The van der Waals surface area contributed by atoms with Gasteiger partial charge in [0.25, 0.3) is 0 Å². The number of carboxylic acid groups (broad SMARTS) is 1. The summed E-state index contributed by atoms with van der Waals surface area (Å²) in [7, 11) is 0. The number of alkyl halides is 3. The van der Waals surface area contributed by atoms with E-state index in [0.29, 0.717) is 5.56 Å². The van der Waals surface area contributed by atoms with Crippen LogP contribution in [0.5, 0.6) is 0 Å². The summed E-state index contributed by atoms with van der Waals surface area (Å²) in [5.41, 5.74) is -1.08. The molecule has 0 aliphatic rings. The second-order valence-corrected chi connectivity index (χ2v) is 3.23. The van der Waals surface area contributed by atoms with Crippen molar-refractivity contribution in [3.8, 4) is 0 Å². The van der Waals surface area contributed by atoms with Crippen LogP contribution in [0.2, 0.25) is 0 Å². The first-order valence-corrected chi connectivity index (χ1v) is 4.16. The van der Waals surface area contributed by atoms with Crippen molar-refractivity contribution < 1.29 is 23.1 Å². The number of benzene rings is 1. The van der Waals surface area contributed by atoms with Gasteiger partial charge in [-0.25, -0.2) is 4.79 Å². The molecule has 5 heteroatoms. The summed E-state index contributed by atoms with van der Waals surface area (Å²) in [6.45, 7) is 2.63. The third kappa shape index (κ3) is 2.11. The summed E-state index contributed by atoms with van der Waals surface area (Å²) in [4.78, 5) is 10.8. The lowest BCUT2D eigenvalue weighted by atomic mass is 9.97. The minimum atomic E-state index is -4.51. The molecule has 1 aromatic rings. The number of carboxylic acids is 1. The van der Waals surface area contributed by atoms with Crippen LogP contribution < -0.4 is 0 Å². The Morgan fingerprint density at radius 1 is 1.27 bits per heavy atom. The second kappa shape index (κ2) is 3.56. The van der Waals surface area contributed by atoms with Gasteiger partial charge in [0, 0.05) is 0 Å². The van der Waals surface area contributed by atoms with Crippen LogP contribution in [0.4, 0.5) is 13.2 Å². The number of hydrogen-bond acceptors (Lipinski definition) is 1. The molecule has 0 unspecified atom stereocenters. The van der Waals surface area contributed by atoms with Crippen LogP contribution in [-0.4, -0.2) is 11.1 Å². The van der Waals surface area contributed by atoms with E-state index in [4.69, 9.17) is 5.11 Å². The first-order chi connectivity index (χ1) is 6.75. The van der Waals surface area contributed by atoms with Gasteiger partial charge in [-0.3, -0.25) is 0 Å². The average Bonchev–Trinajstić information content (AvgIpc) is 2.00. The van der Waals surface area contributed by atoms with Crippen LogP contribution in [0.25, 0.3) is 0 Å². The highest BCUT2D eigenvalue weighted by Gasteiger charge is 2.34. The van der Waals surface area contributed by atoms with E-state index in [9.17, 15) is 18.0 Å². The van der Waals surface area contributed by atoms with Gasteiger partial charge in [0.2, 0.25) is 0 Å². The number of rotatable bonds is 1. The summed E-state index contributed by atoms with van der Waals surface area (Å²) >= 11 is 0. The maximum atomic E-state index is 12.4. The van der Waals surface area contributed by atoms with Gasteiger partial charge in [-0.05, 0) is 31.0 Å². The number of carbonyl (C=O) groups is 1. The predicted molar refractivity (Wildman–Crippen MR) is 47.9 cm³/mol. The van der Waals surface area contributed by atoms with Gasteiger partial charge >= 0.3 is 12.1 Å². The van der Waals surface area contributed by atoms with Crippen LogP contribution in [0.15, 0.2) is 12.1 Å². The molecule has 1 aromatic carbocycles.